The van der Waals surface area contributed by atoms with Crippen LogP contribution in [0.3, 0.4) is 0 Å². The Labute approximate surface area is 191 Å². The third-order valence-corrected chi connectivity index (χ3v) is 6.78. The van der Waals surface area contributed by atoms with E-state index in [1.807, 2.05) is 0 Å². The minimum Gasteiger partial charge on any atom is -0.493 e. The Morgan fingerprint density at radius 2 is 1.65 bits per heavy atom. The molecule has 0 aliphatic rings. The Kier molecular flexibility index (Phi) is 7.24. The molecule has 0 spiro atoms. The molecule has 0 fully saturated rings. The molecule has 5 nitrogen and oxygen atoms in total. The summed E-state index contributed by atoms with van der Waals surface area (Å²) < 4.78 is 37.1. The molecule has 0 saturated carbocycles. The molecule has 0 aliphatic carbocycles. The monoisotopic (exact) mass is 473 g/mol. The number of allylic oxidation sites excluding steroid dienone is 1. The first-order chi connectivity index (χ1) is 14.9. The van der Waals surface area contributed by atoms with Crippen LogP contribution in [0, 0.1) is 11.3 Å². The van der Waals surface area contributed by atoms with E-state index in [1.165, 1.54) is 25.3 Å². The van der Waals surface area contributed by atoms with Crippen LogP contribution in [0.15, 0.2) is 76.5 Å². The van der Waals surface area contributed by atoms with Gasteiger partial charge in [0.1, 0.15) is 17.6 Å². The van der Waals surface area contributed by atoms with Gasteiger partial charge in [0.05, 0.1) is 12.0 Å². The highest BCUT2D eigenvalue weighted by Gasteiger charge is 2.22. The maximum absolute atomic E-state index is 12.9. The van der Waals surface area contributed by atoms with E-state index in [0.29, 0.717) is 26.9 Å². The molecular formula is C23H17Cl2NO4S. The van der Waals surface area contributed by atoms with Gasteiger partial charge in [0.25, 0.3) is 0 Å². The number of hydrogen-bond donors (Lipinski definition) is 0. The van der Waals surface area contributed by atoms with Gasteiger partial charge in [-0.15, -0.1) is 0 Å². The lowest BCUT2D eigenvalue weighted by Crippen LogP contribution is -2.04. The maximum Gasteiger partial charge on any atom is 0.216 e. The molecule has 3 aromatic carbocycles. The van der Waals surface area contributed by atoms with Gasteiger partial charge in [-0.05, 0) is 36.4 Å². The van der Waals surface area contributed by atoms with Crippen LogP contribution in [0.5, 0.6) is 11.5 Å². The van der Waals surface area contributed by atoms with Crippen molar-refractivity contribution >= 4 is 39.1 Å². The average Bonchev–Trinajstić information content (AvgIpc) is 2.78. The highest BCUT2D eigenvalue weighted by molar-refractivity contribution is 7.95. The van der Waals surface area contributed by atoms with Crippen molar-refractivity contribution in [2.24, 2.45) is 0 Å². The fourth-order valence-corrected chi connectivity index (χ4v) is 4.49. The van der Waals surface area contributed by atoms with Gasteiger partial charge in [0.2, 0.25) is 9.84 Å². The minimum absolute atomic E-state index is 0.0209. The Morgan fingerprint density at radius 1 is 1.00 bits per heavy atom. The third kappa shape index (κ3) is 5.02. The number of ether oxygens (including phenoxy) is 2. The van der Waals surface area contributed by atoms with Gasteiger partial charge in [0, 0.05) is 21.2 Å². The summed E-state index contributed by atoms with van der Waals surface area (Å²) in [6.45, 7) is 0.0209. The molecule has 3 rings (SSSR count). The van der Waals surface area contributed by atoms with E-state index in [2.05, 4.69) is 0 Å². The summed E-state index contributed by atoms with van der Waals surface area (Å²) in [5, 5.41) is 10.4. The van der Waals surface area contributed by atoms with Crippen LogP contribution in [-0.4, -0.2) is 15.5 Å². The fourth-order valence-electron chi connectivity index (χ4n) is 2.81. The molecule has 0 heterocycles. The van der Waals surface area contributed by atoms with Gasteiger partial charge < -0.3 is 9.47 Å². The molecule has 158 valence electrons. The number of rotatable bonds is 7. The zero-order chi connectivity index (χ0) is 22.4. The molecule has 0 unspecified atom stereocenters. The van der Waals surface area contributed by atoms with E-state index in [4.69, 9.17) is 32.7 Å². The summed E-state index contributed by atoms with van der Waals surface area (Å²) in [6.07, 6.45) is 1.26. The van der Waals surface area contributed by atoms with Crippen molar-refractivity contribution in [3.63, 3.8) is 0 Å². The molecule has 0 radical (unpaired) electrons. The molecule has 0 atom stereocenters. The summed E-state index contributed by atoms with van der Waals surface area (Å²) in [4.78, 5) is -0.399. The first kappa shape index (κ1) is 22.7. The van der Waals surface area contributed by atoms with Gasteiger partial charge >= 0.3 is 0 Å². The van der Waals surface area contributed by atoms with Crippen molar-refractivity contribution in [1.29, 1.82) is 5.26 Å². The van der Waals surface area contributed by atoms with Crippen molar-refractivity contribution < 1.29 is 17.9 Å². The number of hydrogen-bond acceptors (Lipinski definition) is 5. The Morgan fingerprint density at radius 3 is 2.26 bits per heavy atom. The van der Waals surface area contributed by atoms with Gasteiger partial charge in [0.15, 0.2) is 11.5 Å². The lowest BCUT2D eigenvalue weighted by Gasteiger charge is -2.15. The van der Waals surface area contributed by atoms with Crippen LogP contribution in [-0.2, 0) is 16.4 Å². The highest BCUT2D eigenvalue weighted by atomic mass is 35.5. The van der Waals surface area contributed by atoms with E-state index in [1.54, 1.807) is 60.7 Å². The predicted octanol–water partition coefficient (Wildman–Crippen LogP) is 5.92. The molecule has 0 N–H and O–H groups in total. The number of nitriles is 1. The third-order valence-electron chi connectivity index (χ3n) is 4.39. The standard InChI is InChI=1S/C23H17Cl2NO4S/c1-29-22-12-5-7-16(23(22)30-15-19-20(24)10-6-11-21(19)25)13-18(14-26)31(27,28)17-8-3-2-4-9-17/h2-13H,15H2,1H3/b18-13+. The van der Waals surface area contributed by atoms with Crippen LogP contribution >= 0.6 is 23.2 Å². The Balaban J connectivity index is 2.04. The van der Waals surface area contributed by atoms with Gasteiger partial charge in [-0.3, -0.25) is 0 Å². The smallest absolute Gasteiger partial charge is 0.216 e. The molecular weight excluding hydrogens is 457 g/mol. The summed E-state index contributed by atoms with van der Waals surface area (Å²) in [6, 6.07) is 19.6. The maximum atomic E-state index is 12.9. The quantitative estimate of drug-likeness (QED) is 0.398. The minimum atomic E-state index is -4.00. The lowest BCUT2D eigenvalue weighted by atomic mass is 10.1. The predicted molar refractivity (Wildman–Crippen MR) is 121 cm³/mol. The number of para-hydroxylation sites is 1. The lowest BCUT2D eigenvalue weighted by molar-refractivity contribution is 0.284. The molecule has 0 aromatic heterocycles. The van der Waals surface area contributed by atoms with Crippen molar-refractivity contribution in [2.75, 3.05) is 7.11 Å². The summed E-state index contributed by atoms with van der Waals surface area (Å²) in [7, 11) is -2.54. The highest BCUT2D eigenvalue weighted by Crippen LogP contribution is 2.35. The Bertz CT molecular complexity index is 1250. The normalized spacial score (nSPS) is 11.6. The SMILES string of the molecule is COc1cccc(/C=C(\C#N)S(=O)(=O)c2ccccc2)c1OCc1c(Cl)cccc1Cl. The van der Waals surface area contributed by atoms with E-state index in [-0.39, 0.29) is 17.3 Å². The van der Waals surface area contributed by atoms with Gasteiger partial charge in [-0.25, -0.2) is 8.42 Å². The number of halogens is 2. The van der Waals surface area contributed by atoms with Crippen molar-refractivity contribution in [3.8, 4) is 17.6 Å². The van der Waals surface area contributed by atoms with E-state index >= 15 is 0 Å². The second-order valence-corrected chi connectivity index (χ2v) is 9.04. The van der Waals surface area contributed by atoms with Crippen molar-refractivity contribution in [3.05, 3.63) is 92.8 Å². The van der Waals surface area contributed by atoms with E-state index in [0.717, 1.165) is 0 Å². The molecule has 0 saturated heterocycles. The number of methoxy groups -OCH3 is 1. The molecule has 0 aliphatic heterocycles. The first-order valence-corrected chi connectivity index (χ1v) is 11.3. The molecule has 0 amide bonds. The van der Waals surface area contributed by atoms with Crippen molar-refractivity contribution in [1.82, 2.24) is 0 Å². The topological polar surface area (TPSA) is 76.4 Å². The summed E-state index contributed by atoms with van der Waals surface area (Å²) in [5.41, 5.74) is 0.933. The average molecular weight is 474 g/mol. The fraction of sp³-hybridized carbons (Fsp3) is 0.0870. The van der Waals surface area contributed by atoms with Crippen LogP contribution < -0.4 is 9.47 Å². The molecule has 31 heavy (non-hydrogen) atoms. The van der Waals surface area contributed by atoms with Crippen LogP contribution in [0.1, 0.15) is 11.1 Å². The van der Waals surface area contributed by atoms with E-state index in [9.17, 15) is 13.7 Å². The summed E-state index contributed by atoms with van der Waals surface area (Å²) >= 11 is 12.4. The molecule has 3 aromatic rings. The largest absolute Gasteiger partial charge is 0.493 e. The second kappa shape index (κ2) is 9.88. The number of benzene rings is 3. The molecule has 8 heteroatoms. The summed E-state index contributed by atoms with van der Waals surface area (Å²) in [5.74, 6) is 0.628. The van der Waals surface area contributed by atoms with E-state index < -0.39 is 14.7 Å². The zero-order valence-electron chi connectivity index (χ0n) is 16.4. The number of sulfone groups is 1. The second-order valence-electron chi connectivity index (χ2n) is 6.30. The zero-order valence-corrected chi connectivity index (χ0v) is 18.7. The van der Waals surface area contributed by atoms with Crippen LogP contribution in [0.2, 0.25) is 10.0 Å². The first-order valence-electron chi connectivity index (χ1n) is 9.03. The number of nitrogens with zero attached hydrogens (tertiary/aromatic N) is 1. The Hall–Kier alpha value is -2.98. The van der Waals surface area contributed by atoms with Crippen LogP contribution in [0.4, 0.5) is 0 Å². The molecule has 0 bridgehead atoms. The van der Waals surface area contributed by atoms with Gasteiger partial charge in [-0.2, -0.15) is 5.26 Å². The van der Waals surface area contributed by atoms with Gasteiger partial charge in [-0.1, -0.05) is 59.6 Å². The van der Waals surface area contributed by atoms with Crippen molar-refractivity contribution in [2.45, 2.75) is 11.5 Å². The van der Waals surface area contributed by atoms with Crippen LogP contribution in [0.25, 0.3) is 6.08 Å².